The molecular weight excluding hydrogens is 416 g/mol. The van der Waals surface area contributed by atoms with Crippen LogP contribution >= 0.6 is 0 Å². The molecule has 2 aliphatic heterocycles. The van der Waals surface area contributed by atoms with Crippen molar-refractivity contribution >= 4 is 5.57 Å². The van der Waals surface area contributed by atoms with E-state index in [-0.39, 0.29) is 24.5 Å². The predicted molar refractivity (Wildman–Crippen MR) is 114 cm³/mol. The van der Waals surface area contributed by atoms with E-state index in [1.54, 1.807) is 47.8 Å². The van der Waals surface area contributed by atoms with E-state index in [4.69, 9.17) is 4.74 Å². The molecule has 0 aliphatic carbocycles. The van der Waals surface area contributed by atoms with Gasteiger partial charge in [-0.1, -0.05) is 6.58 Å². The van der Waals surface area contributed by atoms with Crippen LogP contribution in [0.3, 0.4) is 0 Å². The second-order valence-corrected chi connectivity index (χ2v) is 8.32. The lowest BCUT2D eigenvalue weighted by molar-refractivity contribution is -0.0153. The first-order valence-electron chi connectivity index (χ1n) is 10.4. The van der Waals surface area contributed by atoms with Crippen LogP contribution in [0.1, 0.15) is 18.5 Å². The fourth-order valence-corrected chi connectivity index (χ4v) is 4.80. The molecule has 2 aromatic heterocycles. The fourth-order valence-electron chi connectivity index (χ4n) is 4.80. The summed E-state index contributed by atoms with van der Waals surface area (Å²) in [6.07, 6.45) is 7.78. The van der Waals surface area contributed by atoms with Gasteiger partial charge in [0.2, 0.25) is 0 Å². The number of hydrogen-bond donors (Lipinski definition) is 2. The summed E-state index contributed by atoms with van der Waals surface area (Å²) in [7, 11) is 1.54. The molecule has 0 radical (unpaired) electrons. The minimum absolute atomic E-state index is 0.0636. The molecule has 7 nitrogen and oxygen atoms in total. The second-order valence-electron chi connectivity index (χ2n) is 8.32. The van der Waals surface area contributed by atoms with Gasteiger partial charge in [0.25, 0.3) is 5.92 Å². The smallest absolute Gasteiger partial charge is 0.264 e. The largest absolute Gasteiger partial charge is 0.507 e. The molecule has 0 amide bonds. The highest BCUT2D eigenvalue weighted by molar-refractivity contribution is 5.69. The van der Waals surface area contributed by atoms with Crippen molar-refractivity contribution in [3.63, 3.8) is 0 Å². The molecule has 166 valence electrons. The quantitative estimate of drug-likeness (QED) is 0.634. The Morgan fingerprint density at radius 2 is 2.16 bits per heavy atom. The lowest BCUT2D eigenvalue weighted by Crippen LogP contribution is -2.51. The molecule has 2 aliphatic rings. The highest BCUT2D eigenvalue weighted by atomic mass is 19.3. The molecule has 0 saturated carbocycles. The summed E-state index contributed by atoms with van der Waals surface area (Å²) in [5, 5.41) is 13.5. The number of aromatic nitrogens is 4. The molecule has 0 spiro atoms. The SMILES string of the molecule is C=C(c1cnc(-c2ccc(-n3ccnc3)cc2O)cn1)[C@H]1C[C@H]2N[C@H](CC2(F)F)[C@@H]1OC. The number of fused-ring (bicyclic) bond motifs is 2. The first-order valence-corrected chi connectivity index (χ1v) is 10.4. The number of imidazole rings is 1. The van der Waals surface area contributed by atoms with E-state index in [2.05, 4.69) is 26.8 Å². The van der Waals surface area contributed by atoms with Gasteiger partial charge in [-0.05, 0) is 24.1 Å². The standard InChI is InChI=1S/C23H23F2N5O2/c1-13(16-8-21-23(24,25)9-17(29-21)22(16)32-2)18-10-28-19(11-27-18)15-4-3-14(7-20(15)31)30-6-5-26-12-30/h3-7,10-12,16-17,21-22,29,31H,1,8-9H2,2H3/t16-,17-,21-,22-/m1/s1. The number of nitrogens with zero attached hydrogens (tertiary/aromatic N) is 4. The number of benzene rings is 1. The lowest BCUT2D eigenvalue weighted by Gasteiger charge is -2.37. The van der Waals surface area contributed by atoms with Crippen molar-refractivity contribution in [1.82, 2.24) is 24.8 Å². The van der Waals surface area contributed by atoms with Crippen LogP contribution in [0.5, 0.6) is 5.75 Å². The number of halogens is 2. The highest BCUT2D eigenvalue weighted by Gasteiger charge is 2.57. The predicted octanol–water partition coefficient (Wildman–Crippen LogP) is 3.45. The van der Waals surface area contributed by atoms with Crippen LogP contribution in [0, 0.1) is 5.92 Å². The van der Waals surface area contributed by atoms with Crippen LogP contribution in [-0.4, -0.2) is 55.8 Å². The van der Waals surface area contributed by atoms with E-state index in [0.717, 1.165) is 5.69 Å². The zero-order chi connectivity index (χ0) is 22.5. The third-order valence-electron chi connectivity index (χ3n) is 6.46. The van der Waals surface area contributed by atoms with Crippen LogP contribution in [0.25, 0.3) is 22.5 Å². The molecule has 32 heavy (non-hydrogen) atoms. The number of phenolic OH excluding ortho intramolecular Hbond substituents is 1. The van der Waals surface area contributed by atoms with Gasteiger partial charge < -0.3 is 19.7 Å². The van der Waals surface area contributed by atoms with Gasteiger partial charge in [0.15, 0.2) is 0 Å². The topological polar surface area (TPSA) is 85.1 Å². The first kappa shape index (κ1) is 20.7. The van der Waals surface area contributed by atoms with Crippen LogP contribution in [0.15, 0.2) is 55.9 Å². The number of hydrogen-bond acceptors (Lipinski definition) is 6. The number of alkyl halides is 2. The number of phenols is 1. The maximum absolute atomic E-state index is 14.2. The minimum Gasteiger partial charge on any atom is -0.507 e. The van der Waals surface area contributed by atoms with Crippen molar-refractivity contribution in [3.05, 3.63) is 61.6 Å². The van der Waals surface area contributed by atoms with E-state index in [0.29, 0.717) is 22.5 Å². The Bertz CT molecular complexity index is 1130. The van der Waals surface area contributed by atoms with Crippen molar-refractivity contribution < 1.29 is 18.6 Å². The summed E-state index contributed by atoms with van der Waals surface area (Å²) in [6, 6.07) is 3.92. The Hall–Kier alpha value is -3.17. The van der Waals surface area contributed by atoms with Gasteiger partial charge in [-0.3, -0.25) is 9.97 Å². The Balaban J connectivity index is 1.37. The minimum atomic E-state index is -2.76. The van der Waals surface area contributed by atoms with Gasteiger partial charge in [-0.15, -0.1) is 0 Å². The molecule has 3 aromatic rings. The first-order chi connectivity index (χ1) is 15.4. The Morgan fingerprint density at radius 3 is 2.81 bits per heavy atom. The van der Waals surface area contributed by atoms with Gasteiger partial charge in [-0.25, -0.2) is 13.8 Å². The zero-order valence-electron chi connectivity index (χ0n) is 17.4. The van der Waals surface area contributed by atoms with Crippen LogP contribution in [0.2, 0.25) is 0 Å². The van der Waals surface area contributed by atoms with Crippen LogP contribution < -0.4 is 5.32 Å². The third kappa shape index (κ3) is 3.47. The van der Waals surface area contributed by atoms with Crippen LogP contribution in [0.4, 0.5) is 8.78 Å². The van der Waals surface area contributed by atoms with E-state index in [9.17, 15) is 13.9 Å². The van der Waals surface area contributed by atoms with Gasteiger partial charge in [-0.2, -0.15) is 0 Å². The molecule has 4 heterocycles. The molecule has 2 bridgehead atoms. The molecule has 4 atom stereocenters. The summed E-state index contributed by atoms with van der Waals surface area (Å²) in [5.74, 6) is -2.98. The number of ether oxygens (including phenoxy) is 1. The number of nitrogens with one attached hydrogen (secondary N) is 1. The normalized spacial score (nSPS) is 26.2. The van der Waals surface area contributed by atoms with Crippen molar-refractivity contribution in [2.45, 2.75) is 37.0 Å². The number of piperidine rings is 1. The second kappa shape index (κ2) is 7.75. The van der Waals surface area contributed by atoms with E-state index < -0.39 is 24.1 Å². The molecule has 1 aromatic carbocycles. The van der Waals surface area contributed by atoms with Gasteiger partial charge in [0, 0.05) is 49.5 Å². The Labute approximate surface area is 183 Å². The van der Waals surface area contributed by atoms with Gasteiger partial charge in [0.1, 0.15) is 5.75 Å². The third-order valence-corrected chi connectivity index (χ3v) is 6.46. The lowest BCUT2D eigenvalue weighted by atomic mass is 9.82. The van der Waals surface area contributed by atoms with E-state index >= 15 is 0 Å². The molecule has 9 heteroatoms. The summed E-state index contributed by atoms with van der Waals surface area (Å²) in [6.45, 7) is 4.14. The van der Waals surface area contributed by atoms with Gasteiger partial charge >= 0.3 is 0 Å². The summed E-state index contributed by atoms with van der Waals surface area (Å²) in [4.78, 5) is 12.9. The van der Waals surface area contributed by atoms with Crippen molar-refractivity contribution in [1.29, 1.82) is 0 Å². The van der Waals surface area contributed by atoms with E-state index in [1.807, 2.05) is 6.07 Å². The molecule has 2 fully saturated rings. The fraction of sp³-hybridized carbons (Fsp3) is 0.348. The maximum atomic E-state index is 14.2. The maximum Gasteiger partial charge on any atom is 0.264 e. The number of aromatic hydroxyl groups is 1. The Kier molecular flexibility index (Phi) is 5.02. The van der Waals surface area contributed by atoms with Gasteiger partial charge in [0.05, 0.1) is 47.9 Å². The Morgan fingerprint density at radius 1 is 1.31 bits per heavy atom. The monoisotopic (exact) mass is 439 g/mol. The highest BCUT2D eigenvalue weighted by Crippen LogP contribution is 2.45. The molecule has 0 unspecified atom stereocenters. The summed E-state index contributed by atoms with van der Waals surface area (Å²) < 4.78 is 35.8. The molecular formula is C23H23F2N5O2. The van der Waals surface area contributed by atoms with Crippen molar-refractivity contribution in [3.8, 4) is 22.7 Å². The van der Waals surface area contributed by atoms with E-state index in [1.165, 1.54) is 7.11 Å². The molecule has 2 N–H and O–H groups in total. The molecule has 2 saturated heterocycles. The van der Waals surface area contributed by atoms with Crippen molar-refractivity contribution in [2.24, 2.45) is 5.92 Å². The average molecular weight is 439 g/mol. The average Bonchev–Trinajstić information content (AvgIpc) is 3.40. The summed E-state index contributed by atoms with van der Waals surface area (Å²) in [5.41, 5.74) is 2.96. The number of methoxy groups -OCH3 is 1. The zero-order valence-corrected chi connectivity index (χ0v) is 17.4. The summed E-state index contributed by atoms with van der Waals surface area (Å²) >= 11 is 0. The molecule has 5 rings (SSSR count). The van der Waals surface area contributed by atoms with Crippen LogP contribution in [-0.2, 0) is 4.74 Å². The van der Waals surface area contributed by atoms with Crippen molar-refractivity contribution in [2.75, 3.05) is 7.11 Å². The number of rotatable bonds is 5.